The van der Waals surface area contributed by atoms with E-state index in [1.165, 1.54) is 5.56 Å². The Morgan fingerprint density at radius 2 is 1.75 bits per heavy atom. The Balaban J connectivity index is 0.00000363. The highest BCUT2D eigenvalue weighted by Crippen LogP contribution is 2.24. The number of likely N-dealkylation sites (tertiary alicyclic amines) is 1. The topological polar surface area (TPSA) is 69.1 Å². The molecule has 1 fully saturated rings. The molecular formula is C25H37IN4O2. The van der Waals surface area contributed by atoms with Gasteiger partial charge in [-0.15, -0.1) is 24.0 Å². The molecule has 1 aliphatic rings. The lowest BCUT2D eigenvalue weighted by atomic mass is 10.0. The lowest BCUT2D eigenvalue weighted by Gasteiger charge is -2.37. The Labute approximate surface area is 209 Å². The van der Waals surface area contributed by atoms with E-state index in [2.05, 4.69) is 64.7 Å². The van der Waals surface area contributed by atoms with Gasteiger partial charge in [0.2, 0.25) is 0 Å². The van der Waals surface area contributed by atoms with Crippen LogP contribution in [0.25, 0.3) is 0 Å². The lowest BCUT2D eigenvalue weighted by molar-refractivity contribution is 0.158. The zero-order valence-corrected chi connectivity index (χ0v) is 21.7. The summed E-state index contributed by atoms with van der Waals surface area (Å²) >= 11 is 0. The van der Waals surface area contributed by atoms with Crippen molar-refractivity contribution in [3.05, 3.63) is 65.7 Å². The van der Waals surface area contributed by atoms with Crippen LogP contribution in [0.5, 0.6) is 5.75 Å². The normalized spacial score (nSPS) is 17.2. The summed E-state index contributed by atoms with van der Waals surface area (Å²) in [5, 5.41) is 17.4. The minimum atomic E-state index is -0.644. The predicted octanol–water partition coefficient (Wildman–Crippen LogP) is 4.13. The molecule has 1 aliphatic heterocycles. The van der Waals surface area contributed by atoms with Crippen molar-refractivity contribution in [3.8, 4) is 5.75 Å². The van der Waals surface area contributed by atoms with Crippen LogP contribution >= 0.6 is 24.0 Å². The van der Waals surface area contributed by atoms with Crippen molar-refractivity contribution in [1.29, 1.82) is 0 Å². The van der Waals surface area contributed by atoms with Gasteiger partial charge in [0.05, 0.1) is 19.8 Å². The van der Waals surface area contributed by atoms with E-state index in [0.29, 0.717) is 18.6 Å². The number of aliphatic hydroxyl groups is 1. The molecule has 0 aromatic heterocycles. The first-order valence-corrected chi connectivity index (χ1v) is 11.3. The first-order chi connectivity index (χ1) is 15.1. The zero-order chi connectivity index (χ0) is 22.1. The van der Waals surface area contributed by atoms with Gasteiger partial charge in [0.25, 0.3) is 0 Å². The fourth-order valence-electron chi connectivity index (χ4n) is 4.00. The Bertz CT molecular complexity index is 808. The monoisotopic (exact) mass is 552 g/mol. The second-order valence-electron chi connectivity index (χ2n) is 8.05. The molecule has 0 spiro atoms. The summed E-state index contributed by atoms with van der Waals surface area (Å²) in [6.07, 6.45) is 1.50. The van der Waals surface area contributed by atoms with Gasteiger partial charge in [0.1, 0.15) is 5.75 Å². The van der Waals surface area contributed by atoms with Gasteiger partial charge < -0.3 is 20.5 Å². The van der Waals surface area contributed by atoms with Crippen LogP contribution in [0.3, 0.4) is 0 Å². The number of benzene rings is 2. The summed E-state index contributed by atoms with van der Waals surface area (Å²) < 4.78 is 5.18. The molecule has 3 rings (SSSR count). The third kappa shape index (κ3) is 7.64. The number of guanidine groups is 1. The van der Waals surface area contributed by atoms with E-state index in [9.17, 15) is 5.11 Å². The maximum atomic E-state index is 10.5. The van der Waals surface area contributed by atoms with Gasteiger partial charge in [0.15, 0.2) is 5.96 Å². The number of aliphatic hydroxyl groups excluding tert-OH is 1. The van der Waals surface area contributed by atoms with Gasteiger partial charge in [-0.05, 0) is 49.9 Å². The Hall–Kier alpha value is -1.84. The summed E-state index contributed by atoms with van der Waals surface area (Å²) in [5.41, 5.74) is 2.21. The minimum Gasteiger partial charge on any atom is -0.497 e. The Morgan fingerprint density at radius 1 is 1.09 bits per heavy atom. The van der Waals surface area contributed by atoms with Gasteiger partial charge >= 0.3 is 0 Å². The van der Waals surface area contributed by atoms with Crippen molar-refractivity contribution in [2.24, 2.45) is 4.99 Å². The number of methoxy groups -OCH3 is 1. The number of aliphatic imine (C=N–C) groups is 1. The van der Waals surface area contributed by atoms with Crippen molar-refractivity contribution in [3.63, 3.8) is 0 Å². The zero-order valence-electron chi connectivity index (χ0n) is 19.3. The average Bonchev–Trinajstić information content (AvgIpc) is 2.83. The third-order valence-corrected chi connectivity index (χ3v) is 5.97. The number of nitrogens with one attached hydrogen (secondary N) is 2. The molecule has 2 aromatic carbocycles. The fourth-order valence-corrected chi connectivity index (χ4v) is 4.00. The number of hydrogen-bond acceptors (Lipinski definition) is 4. The number of ether oxygens (including phenoxy) is 1. The maximum absolute atomic E-state index is 10.5. The number of halogens is 1. The van der Waals surface area contributed by atoms with Crippen LogP contribution in [-0.2, 0) is 0 Å². The maximum Gasteiger partial charge on any atom is 0.191 e. The van der Waals surface area contributed by atoms with Crippen LogP contribution in [0.4, 0.5) is 0 Å². The van der Waals surface area contributed by atoms with Crippen LogP contribution in [0.15, 0.2) is 59.6 Å². The van der Waals surface area contributed by atoms with Crippen molar-refractivity contribution in [2.45, 2.75) is 44.9 Å². The van der Waals surface area contributed by atoms with Gasteiger partial charge in [-0.1, -0.05) is 42.5 Å². The van der Waals surface area contributed by atoms with E-state index in [-0.39, 0.29) is 24.0 Å². The van der Waals surface area contributed by atoms with Gasteiger partial charge in [0, 0.05) is 31.7 Å². The predicted molar refractivity (Wildman–Crippen MR) is 142 cm³/mol. The van der Waals surface area contributed by atoms with Crippen LogP contribution in [0.2, 0.25) is 0 Å². The first kappa shape index (κ1) is 26.4. The Morgan fingerprint density at radius 3 is 2.34 bits per heavy atom. The molecule has 0 bridgehead atoms. The number of hydrogen-bond donors (Lipinski definition) is 3. The van der Waals surface area contributed by atoms with Crippen molar-refractivity contribution >= 4 is 29.9 Å². The molecule has 6 nitrogen and oxygen atoms in total. The largest absolute Gasteiger partial charge is 0.497 e. The van der Waals surface area contributed by atoms with Crippen molar-refractivity contribution in [2.75, 3.05) is 33.3 Å². The molecule has 2 aromatic rings. The molecule has 1 heterocycles. The van der Waals surface area contributed by atoms with Gasteiger partial charge in [-0.2, -0.15) is 0 Å². The molecule has 0 saturated carbocycles. The summed E-state index contributed by atoms with van der Waals surface area (Å²) in [7, 11) is 1.64. The summed E-state index contributed by atoms with van der Waals surface area (Å²) in [6, 6.07) is 19.0. The first-order valence-electron chi connectivity index (χ1n) is 11.3. The molecule has 0 radical (unpaired) electrons. The van der Waals surface area contributed by atoms with E-state index in [1.54, 1.807) is 7.11 Å². The molecule has 3 N–H and O–H groups in total. The molecule has 1 saturated heterocycles. The molecule has 2 unspecified atom stereocenters. The number of piperidine rings is 1. The number of rotatable bonds is 8. The standard InChI is InChI=1S/C25H36N4O2.HI/c1-4-26-25(27-18-24(30)21-10-12-23(31-3)13-11-21)28-22-14-16-29(17-15-22)19(2)20-8-6-5-7-9-20;/h5-13,19,22,24,30H,4,14-18H2,1-3H3,(H2,26,27,28);1H. The van der Waals surface area contributed by atoms with E-state index in [0.717, 1.165) is 49.7 Å². The molecule has 176 valence electrons. The van der Waals surface area contributed by atoms with Crippen LogP contribution in [-0.4, -0.2) is 55.3 Å². The molecule has 0 aliphatic carbocycles. The van der Waals surface area contributed by atoms with E-state index >= 15 is 0 Å². The summed E-state index contributed by atoms with van der Waals surface area (Å²) in [5.74, 6) is 1.55. The van der Waals surface area contributed by atoms with Gasteiger partial charge in [-0.3, -0.25) is 9.89 Å². The molecule has 0 amide bonds. The van der Waals surface area contributed by atoms with Crippen LogP contribution < -0.4 is 15.4 Å². The second kappa shape index (κ2) is 13.6. The second-order valence-corrected chi connectivity index (χ2v) is 8.05. The minimum absolute atomic E-state index is 0. The summed E-state index contributed by atoms with van der Waals surface area (Å²) in [6.45, 7) is 7.56. The molecule has 32 heavy (non-hydrogen) atoms. The average molecular weight is 553 g/mol. The van der Waals surface area contributed by atoms with Crippen LogP contribution in [0.1, 0.15) is 50.0 Å². The number of nitrogens with zero attached hydrogens (tertiary/aromatic N) is 2. The van der Waals surface area contributed by atoms with Crippen LogP contribution in [0, 0.1) is 0 Å². The van der Waals surface area contributed by atoms with Crippen molar-refractivity contribution in [1.82, 2.24) is 15.5 Å². The fraction of sp³-hybridized carbons (Fsp3) is 0.480. The summed E-state index contributed by atoms with van der Waals surface area (Å²) in [4.78, 5) is 7.17. The molecular weight excluding hydrogens is 515 g/mol. The molecule has 7 heteroatoms. The quantitative estimate of drug-likeness (QED) is 0.261. The highest BCUT2D eigenvalue weighted by Gasteiger charge is 2.24. The van der Waals surface area contributed by atoms with E-state index < -0.39 is 6.10 Å². The third-order valence-electron chi connectivity index (χ3n) is 5.97. The van der Waals surface area contributed by atoms with E-state index in [1.807, 2.05) is 24.3 Å². The van der Waals surface area contributed by atoms with E-state index in [4.69, 9.17) is 4.74 Å². The highest BCUT2D eigenvalue weighted by molar-refractivity contribution is 14.0. The SMILES string of the molecule is CCNC(=NCC(O)c1ccc(OC)cc1)NC1CCN(C(C)c2ccccc2)CC1.I. The highest BCUT2D eigenvalue weighted by atomic mass is 127. The van der Waals surface area contributed by atoms with Crippen molar-refractivity contribution < 1.29 is 9.84 Å². The smallest absolute Gasteiger partial charge is 0.191 e. The Kier molecular flexibility index (Phi) is 11.3. The molecule has 2 atom stereocenters. The van der Waals surface area contributed by atoms with Gasteiger partial charge in [-0.25, -0.2) is 0 Å². The lowest BCUT2D eigenvalue weighted by Crippen LogP contribution is -2.49.